The van der Waals surface area contributed by atoms with E-state index >= 15 is 0 Å². The van der Waals surface area contributed by atoms with Gasteiger partial charge in [0.05, 0.1) is 23.7 Å². The maximum atomic E-state index is 12.2. The van der Waals surface area contributed by atoms with Gasteiger partial charge in [-0.2, -0.15) is 4.72 Å². The fraction of sp³-hybridized carbons (Fsp3) is 0.188. The van der Waals surface area contributed by atoms with Gasteiger partial charge in [0, 0.05) is 5.56 Å². The molecule has 6 nitrogen and oxygen atoms in total. The minimum Gasteiger partial charge on any atom is -0.467 e. The van der Waals surface area contributed by atoms with E-state index in [0.29, 0.717) is 5.76 Å². The van der Waals surface area contributed by atoms with Crippen LogP contribution in [0.15, 0.2) is 52.0 Å². The molecule has 1 amide bonds. The number of hydrogen-bond donors (Lipinski definition) is 2. The summed E-state index contributed by atoms with van der Waals surface area (Å²) in [4.78, 5) is 12.2. The van der Waals surface area contributed by atoms with Crippen LogP contribution in [0.4, 0.5) is 0 Å². The van der Waals surface area contributed by atoms with Gasteiger partial charge in [0.15, 0.2) is 0 Å². The van der Waals surface area contributed by atoms with Gasteiger partial charge < -0.3 is 9.73 Å². The minimum atomic E-state index is -3.74. The van der Waals surface area contributed by atoms with E-state index in [1.54, 1.807) is 19.1 Å². The molecule has 0 aliphatic carbocycles. The molecular weight excluding hydrogens is 316 g/mol. The van der Waals surface area contributed by atoms with E-state index < -0.39 is 15.9 Å². The molecule has 2 rings (SSSR count). The summed E-state index contributed by atoms with van der Waals surface area (Å²) in [5.74, 6) is 2.40. The molecule has 1 atom stereocenters. The van der Waals surface area contributed by atoms with Crippen LogP contribution in [-0.4, -0.2) is 20.9 Å². The van der Waals surface area contributed by atoms with Crippen molar-refractivity contribution in [3.63, 3.8) is 0 Å². The normalized spacial score (nSPS) is 12.3. The van der Waals surface area contributed by atoms with Gasteiger partial charge in [-0.25, -0.2) is 8.42 Å². The number of amides is 1. The summed E-state index contributed by atoms with van der Waals surface area (Å²) in [5.41, 5.74) is 0.229. The zero-order chi connectivity index (χ0) is 16.9. The first-order chi connectivity index (χ1) is 10.9. The minimum absolute atomic E-state index is 0.0222. The van der Waals surface area contributed by atoms with Crippen LogP contribution in [0, 0.1) is 12.3 Å². The first kappa shape index (κ1) is 16.8. The SMILES string of the molecule is C#CCNS(=O)(=O)c1cccc(C(=O)N[C@@H](C)c2ccco2)c1. The summed E-state index contributed by atoms with van der Waals surface area (Å²) in [5, 5.41) is 2.74. The summed E-state index contributed by atoms with van der Waals surface area (Å²) in [7, 11) is -3.74. The Morgan fingerprint density at radius 1 is 1.35 bits per heavy atom. The number of hydrogen-bond acceptors (Lipinski definition) is 4. The van der Waals surface area contributed by atoms with Crippen LogP contribution in [0.2, 0.25) is 0 Å². The summed E-state index contributed by atoms with van der Waals surface area (Å²) in [6.45, 7) is 1.65. The van der Waals surface area contributed by atoms with Crippen molar-refractivity contribution in [2.45, 2.75) is 17.9 Å². The third-order valence-corrected chi connectivity index (χ3v) is 4.49. The van der Waals surface area contributed by atoms with Crippen molar-refractivity contribution in [2.75, 3.05) is 6.54 Å². The lowest BCUT2D eigenvalue weighted by Crippen LogP contribution is -2.27. The molecule has 2 N–H and O–H groups in total. The van der Waals surface area contributed by atoms with Gasteiger partial charge in [-0.05, 0) is 37.3 Å². The maximum absolute atomic E-state index is 12.2. The molecule has 0 unspecified atom stereocenters. The second-order valence-electron chi connectivity index (χ2n) is 4.77. The smallest absolute Gasteiger partial charge is 0.251 e. The summed E-state index contributed by atoms with van der Waals surface area (Å²) in [6, 6.07) is 8.85. The van der Waals surface area contributed by atoms with Gasteiger partial charge >= 0.3 is 0 Å². The highest BCUT2D eigenvalue weighted by Gasteiger charge is 2.17. The van der Waals surface area contributed by atoms with E-state index in [-0.39, 0.29) is 23.0 Å². The van der Waals surface area contributed by atoms with E-state index in [9.17, 15) is 13.2 Å². The highest BCUT2D eigenvalue weighted by Crippen LogP contribution is 2.15. The molecule has 0 bridgehead atoms. The quantitative estimate of drug-likeness (QED) is 0.788. The Morgan fingerprint density at radius 3 is 2.78 bits per heavy atom. The zero-order valence-electron chi connectivity index (χ0n) is 12.4. The van der Waals surface area contributed by atoms with E-state index in [4.69, 9.17) is 10.8 Å². The van der Waals surface area contributed by atoms with Crippen molar-refractivity contribution in [2.24, 2.45) is 0 Å². The number of furan rings is 1. The molecule has 0 aliphatic rings. The summed E-state index contributed by atoms with van der Waals surface area (Å²) < 4.78 is 31.5. The third kappa shape index (κ3) is 4.22. The van der Waals surface area contributed by atoms with Gasteiger partial charge in [0.2, 0.25) is 10.0 Å². The number of terminal acetylenes is 1. The molecular formula is C16H16N2O4S. The van der Waals surface area contributed by atoms with Gasteiger partial charge in [0.1, 0.15) is 5.76 Å². The first-order valence-corrected chi connectivity index (χ1v) is 8.30. The second-order valence-corrected chi connectivity index (χ2v) is 6.53. The lowest BCUT2D eigenvalue weighted by atomic mass is 10.2. The number of sulfonamides is 1. The number of nitrogens with one attached hydrogen (secondary N) is 2. The molecule has 0 saturated heterocycles. The molecule has 23 heavy (non-hydrogen) atoms. The second kappa shape index (κ2) is 7.13. The Morgan fingerprint density at radius 2 is 2.13 bits per heavy atom. The van der Waals surface area contributed by atoms with Crippen LogP contribution in [0.5, 0.6) is 0 Å². The standard InChI is InChI=1S/C16H16N2O4S/c1-3-9-17-23(20,21)14-7-4-6-13(11-14)16(19)18-12(2)15-8-5-10-22-15/h1,4-8,10-12,17H,9H2,2H3,(H,18,19)/t12-/m0/s1. The van der Waals surface area contributed by atoms with Crippen LogP contribution >= 0.6 is 0 Å². The van der Waals surface area contributed by atoms with Crippen molar-refractivity contribution in [3.05, 3.63) is 54.0 Å². The van der Waals surface area contributed by atoms with Gasteiger partial charge in [-0.1, -0.05) is 12.0 Å². The monoisotopic (exact) mass is 332 g/mol. The molecule has 2 aromatic rings. The fourth-order valence-electron chi connectivity index (χ4n) is 1.91. The topological polar surface area (TPSA) is 88.4 Å². The Kier molecular flexibility index (Phi) is 5.21. The predicted octanol–water partition coefficient (Wildman–Crippen LogP) is 1.68. The molecule has 0 saturated carbocycles. The predicted molar refractivity (Wildman–Crippen MR) is 85.1 cm³/mol. The average molecular weight is 332 g/mol. The maximum Gasteiger partial charge on any atom is 0.251 e. The highest BCUT2D eigenvalue weighted by molar-refractivity contribution is 7.89. The largest absolute Gasteiger partial charge is 0.467 e. The van der Waals surface area contributed by atoms with Crippen molar-refractivity contribution in [1.29, 1.82) is 0 Å². The lowest BCUT2D eigenvalue weighted by molar-refractivity contribution is 0.0935. The van der Waals surface area contributed by atoms with E-state index in [2.05, 4.69) is 16.0 Å². The highest BCUT2D eigenvalue weighted by atomic mass is 32.2. The number of rotatable bonds is 6. The van der Waals surface area contributed by atoms with E-state index in [1.807, 2.05) is 0 Å². The van der Waals surface area contributed by atoms with E-state index in [1.165, 1.54) is 30.5 Å². The molecule has 0 spiro atoms. The number of carbonyl (C=O) groups is 1. The van der Waals surface area contributed by atoms with E-state index in [0.717, 1.165) is 0 Å². The molecule has 1 aromatic carbocycles. The van der Waals surface area contributed by atoms with Gasteiger partial charge in [0.25, 0.3) is 5.91 Å². The number of carbonyl (C=O) groups excluding carboxylic acids is 1. The van der Waals surface area contributed by atoms with Crippen LogP contribution in [0.25, 0.3) is 0 Å². The van der Waals surface area contributed by atoms with Crippen LogP contribution in [0.3, 0.4) is 0 Å². The Bertz CT molecular complexity index is 820. The van der Waals surface area contributed by atoms with Crippen LogP contribution < -0.4 is 10.0 Å². The van der Waals surface area contributed by atoms with Crippen molar-refractivity contribution < 1.29 is 17.6 Å². The molecule has 1 heterocycles. The van der Waals surface area contributed by atoms with Crippen molar-refractivity contribution in [3.8, 4) is 12.3 Å². The van der Waals surface area contributed by atoms with Crippen LogP contribution in [-0.2, 0) is 10.0 Å². The average Bonchev–Trinajstić information content (AvgIpc) is 3.07. The lowest BCUT2D eigenvalue weighted by Gasteiger charge is -2.12. The van der Waals surface area contributed by atoms with Crippen molar-refractivity contribution >= 4 is 15.9 Å². The molecule has 0 radical (unpaired) electrons. The molecule has 0 aliphatic heterocycles. The Hall–Kier alpha value is -2.56. The third-order valence-electron chi connectivity index (χ3n) is 3.09. The summed E-state index contributed by atoms with van der Waals surface area (Å²) >= 11 is 0. The van der Waals surface area contributed by atoms with Crippen LogP contribution in [0.1, 0.15) is 29.1 Å². The zero-order valence-corrected chi connectivity index (χ0v) is 13.3. The van der Waals surface area contributed by atoms with Gasteiger partial charge in [-0.3, -0.25) is 4.79 Å². The first-order valence-electron chi connectivity index (χ1n) is 6.81. The Balaban J connectivity index is 2.16. The molecule has 7 heteroatoms. The molecule has 120 valence electrons. The fourth-order valence-corrected chi connectivity index (χ4v) is 2.89. The molecule has 0 fully saturated rings. The Labute approximate surface area is 134 Å². The molecule has 1 aromatic heterocycles. The summed E-state index contributed by atoms with van der Waals surface area (Å²) in [6.07, 6.45) is 6.56. The van der Waals surface area contributed by atoms with Crippen molar-refractivity contribution in [1.82, 2.24) is 10.0 Å². The number of benzene rings is 1. The van der Waals surface area contributed by atoms with Gasteiger partial charge in [-0.15, -0.1) is 6.42 Å².